The van der Waals surface area contributed by atoms with Crippen molar-refractivity contribution in [3.05, 3.63) is 35.6 Å². The number of rotatable bonds is 2. The molecule has 90 valence electrons. The molecule has 0 saturated carbocycles. The first kappa shape index (κ1) is 12.8. The average Bonchev–Trinajstić information content (AvgIpc) is 2.16. The van der Waals surface area contributed by atoms with Crippen LogP contribution < -0.4 is 0 Å². The van der Waals surface area contributed by atoms with Crippen LogP contribution in [-0.4, -0.2) is 17.2 Å². The Morgan fingerprint density at radius 3 is 1.75 bits per heavy atom. The summed E-state index contributed by atoms with van der Waals surface area (Å²) in [5.74, 6) is -6.07. The molecule has 0 fully saturated rings. The van der Waals surface area contributed by atoms with Gasteiger partial charge < -0.3 is 5.11 Å². The molecule has 0 aliphatic heterocycles. The van der Waals surface area contributed by atoms with Gasteiger partial charge in [-0.05, 0) is 17.7 Å². The number of halogens is 6. The normalized spacial score (nSPS) is 14.9. The molecule has 7 heteroatoms. The summed E-state index contributed by atoms with van der Waals surface area (Å²) in [4.78, 5) is 0. The van der Waals surface area contributed by atoms with Gasteiger partial charge in [0.05, 0.1) is 0 Å². The van der Waals surface area contributed by atoms with E-state index >= 15 is 0 Å². The van der Waals surface area contributed by atoms with Gasteiger partial charge in [-0.2, -0.15) is 22.0 Å². The summed E-state index contributed by atoms with van der Waals surface area (Å²) >= 11 is 0. The lowest BCUT2D eigenvalue weighted by Gasteiger charge is -2.24. The standard InChI is InChI=1S/C9H6F6O/c10-6-3-1-5(2-4-6)7(16)8(11,12)9(13,14)15/h1-4,7,16H/t7-/m1/s1. The second-order valence-corrected chi connectivity index (χ2v) is 3.07. The zero-order valence-electron chi connectivity index (χ0n) is 7.60. The highest BCUT2D eigenvalue weighted by molar-refractivity contribution is 5.21. The first-order chi connectivity index (χ1) is 7.16. The summed E-state index contributed by atoms with van der Waals surface area (Å²) < 4.78 is 73.3. The maximum absolute atomic E-state index is 12.6. The quantitative estimate of drug-likeness (QED) is 0.792. The number of hydrogen-bond acceptors (Lipinski definition) is 1. The minimum Gasteiger partial charge on any atom is -0.382 e. The predicted molar refractivity (Wildman–Crippen MR) is 42.4 cm³/mol. The molecule has 0 amide bonds. The highest BCUT2D eigenvalue weighted by atomic mass is 19.4. The van der Waals surface area contributed by atoms with Crippen molar-refractivity contribution in [2.24, 2.45) is 0 Å². The zero-order chi connectivity index (χ0) is 12.6. The van der Waals surface area contributed by atoms with E-state index in [1.54, 1.807) is 0 Å². The SMILES string of the molecule is O[C@H](c1ccc(F)cc1)C(F)(F)C(F)(F)F. The van der Waals surface area contributed by atoms with Gasteiger partial charge in [0.15, 0.2) is 6.10 Å². The van der Waals surface area contributed by atoms with Gasteiger partial charge in [0.2, 0.25) is 0 Å². The van der Waals surface area contributed by atoms with Crippen molar-refractivity contribution in [1.29, 1.82) is 0 Å². The summed E-state index contributed by atoms with van der Waals surface area (Å²) in [5.41, 5.74) is -0.705. The summed E-state index contributed by atoms with van der Waals surface area (Å²) in [6.45, 7) is 0. The molecule has 1 nitrogen and oxygen atoms in total. The molecule has 0 bridgehead atoms. The minimum atomic E-state index is -5.86. The Balaban J connectivity index is 3.02. The highest BCUT2D eigenvalue weighted by Crippen LogP contribution is 2.44. The molecule has 0 unspecified atom stereocenters. The third-order valence-electron chi connectivity index (χ3n) is 1.91. The fourth-order valence-electron chi connectivity index (χ4n) is 1.01. The molecule has 1 aromatic rings. The smallest absolute Gasteiger partial charge is 0.382 e. The molecule has 0 saturated heterocycles. The number of benzene rings is 1. The maximum Gasteiger partial charge on any atom is 0.456 e. The number of hydrogen-bond donors (Lipinski definition) is 1. The van der Waals surface area contributed by atoms with Crippen molar-refractivity contribution in [1.82, 2.24) is 0 Å². The molecule has 0 radical (unpaired) electrons. The van der Waals surface area contributed by atoms with Crippen LogP contribution in [0.15, 0.2) is 24.3 Å². The fraction of sp³-hybridized carbons (Fsp3) is 0.333. The number of aliphatic hydroxyl groups excluding tert-OH is 1. The third kappa shape index (κ3) is 2.29. The Bertz CT molecular complexity index is 355. The van der Waals surface area contributed by atoms with Gasteiger partial charge in [0.1, 0.15) is 5.82 Å². The summed E-state index contributed by atoms with van der Waals surface area (Å²) in [6, 6.07) is 2.70. The van der Waals surface area contributed by atoms with E-state index < -0.39 is 29.6 Å². The van der Waals surface area contributed by atoms with Crippen molar-refractivity contribution < 1.29 is 31.4 Å². The lowest BCUT2D eigenvalue weighted by Crippen LogP contribution is -2.42. The minimum absolute atomic E-state index is 0.666. The van der Waals surface area contributed by atoms with Gasteiger partial charge in [-0.15, -0.1) is 0 Å². The van der Waals surface area contributed by atoms with Crippen LogP contribution in [0.2, 0.25) is 0 Å². The van der Waals surface area contributed by atoms with Crippen LogP contribution in [0.25, 0.3) is 0 Å². The van der Waals surface area contributed by atoms with E-state index in [0.717, 1.165) is 0 Å². The molecule has 1 atom stereocenters. The van der Waals surface area contributed by atoms with Crippen LogP contribution in [-0.2, 0) is 0 Å². The Morgan fingerprint density at radius 1 is 0.938 bits per heavy atom. The second kappa shape index (κ2) is 3.97. The predicted octanol–water partition coefficient (Wildman–Crippen LogP) is 3.06. The molecule has 0 aromatic heterocycles. The Labute approximate surface area is 86.3 Å². The topological polar surface area (TPSA) is 20.2 Å². The molecule has 0 heterocycles. The molecule has 0 aliphatic carbocycles. The number of alkyl halides is 5. The van der Waals surface area contributed by atoms with Crippen LogP contribution in [0.5, 0.6) is 0 Å². The molecule has 0 spiro atoms. The van der Waals surface area contributed by atoms with Crippen LogP contribution in [0, 0.1) is 5.82 Å². The van der Waals surface area contributed by atoms with Gasteiger partial charge >= 0.3 is 12.1 Å². The fourth-order valence-corrected chi connectivity index (χ4v) is 1.01. The molecular formula is C9H6F6O. The van der Waals surface area contributed by atoms with E-state index in [9.17, 15) is 26.3 Å². The van der Waals surface area contributed by atoms with E-state index in [-0.39, 0.29) is 0 Å². The van der Waals surface area contributed by atoms with Crippen LogP contribution in [0.4, 0.5) is 26.3 Å². The molecule has 1 N–H and O–H groups in total. The third-order valence-corrected chi connectivity index (χ3v) is 1.91. The summed E-state index contributed by atoms with van der Waals surface area (Å²) in [5, 5.41) is 8.88. The average molecular weight is 244 g/mol. The monoisotopic (exact) mass is 244 g/mol. The summed E-state index contributed by atoms with van der Waals surface area (Å²) in [6.07, 6.45) is -8.91. The molecular weight excluding hydrogens is 238 g/mol. The van der Waals surface area contributed by atoms with Crippen LogP contribution in [0.1, 0.15) is 11.7 Å². The van der Waals surface area contributed by atoms with Crippen molar-refractivity contribution in [2.45, 2.75) is 18.2 Å². The van der Waals surface area contributed by atoms with E-state index in [4.69, 9.17) is 5.11 Å². The van der Waals surface area contributed by atoms with Crippen molar-refractivity contribution >= 4 is 0 Å². The first-order valence-corrected chi connectivity index (χ1v) is 4.04. The van der Waals surface area contributed by atoms with Gasteiger partial charge in [-0.3, -0.25) is 0 Å². The highest BCUT2D eigenvalue weighted by Gasteiger charge is 2.62. The Kier molecular flexibility index (Phi) is 3.18. The molecule has 1 aromatic carbocycles. The number of aliphatic hydroxyl groups is 1. The van der Waals surface area contributed by atoms with Crippen molar-refractivity contribution in [3.8, 4) is 0 Å². The maximum atomic E-state index is 12.6. The van der Waals surface area contributed by atoms with Gasteiger partial charge in [0.25, 0.3) is 0 Å². The van der Waals surface area contributed by atoms with E-state index in [2.05, 4.69) is 0 Å². The summed E-state index contributed by atoms with van der Waals surface area (Å²) in [7, 11) is 0. The van der Waals surface area contributed by atoms with E-state index in [1.165, 1.54) is 0 Å². The Morgan fingerprint density at radius 2 is 1.38 bits per heavy atom. The van der Waals surface area contributed by atoms with Crippen molar-refractivity contribution in [2.75, 3.05) is 0 Å². The zero-order valence-corrected chi connectivity index (χ0v) is 7.60. The van der Waals surface area contributed by atoms with Gasteiger partial charge in [-0.25, -0.2) is 4.39 Å². The Hall–Kier alpha value is -1.24. The largest absolute Gasteiger partial charge is 0.456 e. The molecule has 0 aliphatic rings. The van der Waals surface area contributed by atoms with Gasteiger partial charge in [0, 0.05) is 0 Å². The van der Waals surface area contributed by atoms with Crippen molar-refractivity contribution in [3.63, 3.8) is 0 Å². The lowest BCUT2D eigenvalue weighted by atomic mass is 10.0. The van der Waals surface area contributed by atoms with Gasteiger partial charge in [-0.1, -0.05) is 12.1 Å². The molecule has 16 heavy (non-hydrogen) atoms. The first-order valence-electron chi connectivity index (χ1n) is 4.04. The van der Waals surface area contributed by atoms with E-state index in [0.29, 0.717) is 24.3 Å². The van der Waals surface area contributed by atoms with Crippen LogP contribution >= 0.6 is 0 Å². The second-order valence-electron chi connectivity index (χ2n) is 3.07. The molecule has 1 rings (SSSR count). The lowest BCUT2D eigenvalue weighted by molar-refractivity contribution is -0.315. The van der Waals surface area contributed by atoms with E-state index in [1.807, 2.05) is 0 Å². The van der Waals surface area contributed by atoms with Crippen LogP contribution in [0.3, 0.4) is 0 Å².